The maximum absolute atomic E-state index is 14.6. The van der Waals surface area contributed by atoms with E-state index in [4.69, 9.17) is 0 Å². The molecule has 268 valence electrons. The molecular formula is C36H53N7O6. The molecule has 0 spiro atoms. The van der Waals surface area contributed by atoms with Gasteiger partial charge in [0, 0.05) is 25.0 Å². The van der Waals surface area contributed by atoms with E-state index in [0.29, 0.717) is 19.4 Å². The molecule has 1 aromatic heterocycles. The highest BCUT2D eigenvalue weighted by atomic mass is 16.2. The van der Waals surface area contributed by atoms with Crippen molar-refractivity contribution >= 4 is 35.3 Å². The van der Waals surface area contributed by atoms with Crippen molar-refractivity contribution in [1.29, 1.82) is 0 Å². The number of nitrogens with one attached hydrogen (secondary N) is 4. The normalized spacial score (nSPS) is 24.2. The van der Waals surface area contributed by atoms with Crippen molar-refractivity contribution in [3.63, 3.8) is 0 Å². The second-order valence-corrected chi connectivity index (χ2v) is 15.5. The van der Waals surface area contributed by atoms with Crippen molar-refractivity contribution in [2.45, 2.75) is 135 Å². The molecule has 3 saturated carbocycles. The van der Waals surface area contributed by atoms with Crippen LogP contribution in [0, 0.1) is 23.2 Å². The number of amides is 5. The van der Waals surface area contributed by atoms with Crippen LogP contribution in [0.1, 0.15) is 115 Å². The van der Waals surface area contributed by atoms with Crippen molar-refractivity contribution in [3.05, 3.63) is 24.3 Å². The molecular weight excluding hydrogens is 626 g/mol. The van der Waals surface area contributed by atoms with Crippen LogP contribution in [-0.4, -0.2) is 86.9 Å². The first kappa shape index (κ1) is 36.4. The van der Waals surface area contributed by atoms with Crippen molar-refractivity contribution in [2.24, 2.45) is 23.2 Å². The van der Waals surface area contributed by atoms with Gasteiger partial charge in [-0.25, -0.2) is 4.98 Å². The third-order valence-electron chi connectivity index (χ3n) is 10.7. The Kier molecular flexibility index (Phi) is 11.7. The number of ketones is 1. The van der Waals surface area contributed by atoms with Crippen molar-refractivity contribution in [1.82, 2.24) is 36.1 Å². The summed E-state index contributed by atoms with van der Waals surface area (Å²) in [5.41, 5.74) is -0.638. The highest BCUT2D eigenvalue weighted by Crippen LogP contribution is 2.43. The van der Waals surface area contributed by atoms with E-state index in [1.54, 1.807) is 4.90 Å². The lowest BCUT2D eigenvalue weighted by atomic mass is 9.82. The van der Waals surface area contributed by atoms with E-state index in [9.17, 15) is 28.8 Å². The van der Waals surface area contributed by atoms with Crippen LogP contribution in [0.5, 0.6) is 0 Å². The maximum Gasteiger partial charge on any atom is 0.289 e. The number of Topliss-reactive ketones (excluding diaryl/α,β-unsaturated/α-hetero) is 1. The van der Waals surface area contributed by atoms with Gasteiger partial charge in [0.1, 0.15) is 23.8 Å². The predicted octanol–water partition coefficient (Wildman–Crippen LogP) is 2.45. The molecule has 49 heavy (non-hydrogen) atoms. The van der Waals surface area contributed by atoms with Crippen LogP contribution in [0.2, 0.25) is 0 Å². The number of rotatable bonds is 13. The minimum Gasteiger partial charge on any atom is -0.347 e. The Morgan fingerprint density at radius 3 is 2.27 bits per heavy atom. The zero-order valence-corrected chi connectivity index (χ0v) is 29.3. The van der Waals surface area contributed by atoms with Crippen LogP contribution in [0.25, 0.3) is 0 Å². The monoisotopic (exact) mass is 679 g/mol. The Morgan fingerprint density at radius 2 is 1.63 bits per heavy atom. The van der Waals surface area contributed by atoms with Crippen LogP contribution in [-0.2, 0) is 24.0 Å². The Morgan fingerprint density at radius 1 is 0.898 bits per heavy atom. The van der Waals surface area contributed by atoms with Gasteiger partial charge in [-0.1, -0.05) is 59.8 Å². The molecule has 4 fully saturated rings. The molecule has 5 amide bonds. The molecule has 0 radical (unpaired) electrons. The van der Waals surface area contributed by atoms with Gasteiger partial charge in [-0.2, -0.15) is 0 Å². The Bertz CT molecular complexity index is 1390. The summed E-state index contributed by atoms with van der Waals surface area (Å²) in [6.07, 6.45) is 13.9. The molecule has 5 rings (SSSR count). The molecule has 1 saturated heterocycles. The topological polar surface area (TPSA) is 180 Å². The molecule has 1 aliphatic heterocycles. The molecule has 13 nitrogen and oxygen atoms in total. The lowest BCUT2D eigenvalue weighted by molar-refractivity contribution is -0.146. The Hall–Kier alpha value is -3.90. The van der Waals surface area contributed by atoms with E-state index in [-0.39, 0.29) is 35.4 Å². The average molecular weight is 680 g/mol. The summed E-state index contributed by atoms with van der Waals surface area (Å²) >= 11 is 0. The molecule has 2 heterocycles. The van der Waals surface area contributed by atoms with Gasteiger partial charge in [-0.15, -0.1) is 0 Å². The number of nitrogens with zero attached hydrogens (tertiary/aromatic N) is 3. The number of aromatic nitrogens is 2. The fourth-order valence-electron chi connectivity index (χ4n) is 7.87. The second kappa shape index (κ2) is 15.8. The van der Waals surface area contributed by atoms with E-state index in [1.807, 2.05) is 27.7 Å². The lowest BCUT2D eigenvalue weighted by Gasteiger charge is -2.38. The van der Waals surface area contributed by atoms with Gasteiger partial charge < -0.3 is 26.2 Å². The number of carbonyl (C=O) groups excluding carboxylic acids is 6. The molecule has 3 aliphatic carbocycles. The van der Waals surface area contributed by atoms with E-state index < -0.39 is 59.0 Å². The predicted molar refractivity (Wildman–Crippen MR) is 181 cm³/mol. The first-order valence-electron chi connectivity index (χ1n) is 18.2. The Balaban J connectivity index is 1.36. The second-order valence-electron chi connectivity index (χ2n) is 15.5. The largest absolute Gasteiger partial charge is 0.347 e. The van der Waals surface area contributed by atoms with Gasteiger partial charge >= 0.3 is 0 Å². The summed E-state index contributed by atoms with van der Waals surface area (Å²) in [6, 6.07) is -3.68. The minimum absolute atomic E-state index is 0.0132. The van der Waals surface area contributed by atoms with Gasteiger partial charge in [0.25, 0.3) is 11.8 Å². The summed E-state index contributed by atoms with van der Waals surface area (Å²) in [7, 11) is 0. The SMILES string of the molecule is CCC[C@H](NC(=O)C1[C@H]2CCC[C@@H]2CN1C(=O)C(NC(=O)[C@@H](NC(=O)c1cnccn1)C1CCCCC1)C(C)(C)C)C(=O)C(=O)NC1CC1. The van der Waals surface area contributed by atoms with E-state index in [0.717, 1.165) is 64.2 Å². The van der Waals surface area contributed by atoms with Crippen molar-refractivity contribution in [2.75, 3.05) is 6.54 Å². The molecule has 0 aromatic carbocycles. The molecule has 4 N–H and O–H groups in total. The molecule has 4 aliphatic rings. The average Bonchev–Trinajstić information content (AvgIpc) is 3.65. The summed E-state index contributed by atoms with van der Waals surface area (Å²) in [4.78, 5) is 91.4. The van der Waals surface area contributed by atoms with Gasteiger partial charge in [0.2, 0.25) is 23.5 Å². The van der Waals surface area contributed by atoms with Crippen LogP contribution >= 0.6 is 0 Å². The first-order chi connectivity index (χ1) is 23.4. The maximum atomic E-state index is 14.6. The summed E-state index contributed by atoms with van der Waals surface area (Å²) < 4.78 is 0. The first-order valence-corrected chi connectivity index (χ1v) is 18.2. The standard InChI is InChI=1S/C36H53N7O6/c1-5-10-25(29(44)34(48)39-23-15-16-23)40-33(47)28-24-14-9-13-22(24)20-43(28)35(49)30(36(2,3)4)42-32(46)27(21-11-7-6-8-12-21)41-31(45)26-19-37-17-18-38-26/h17-19,21-25,27-28,30H,5-16,20H2,1-4H3,(H,39,48)(H,40,47)(H,41,45)(H,42,46)/t22-,24+,25+,27+,28?,30?/m1/s1. The molecule has 6 atom stereocenters. The summed E-state index contributed by atoms with van der Waals surface area (Å²) in [6.45, 7) is 7.85. The molecule has 2 unspecified atom stereocenters. The molecule has 13 heteroatoms. The fraction of sp³-hybridized carbons (Fsp3) is 0.722. The highest BCUT2D eigenvalue weighted by molar-refractivity contribution is 6.38. The van der Waals surface area contributed by atoms with Crippen LogP contribution in [0.3, 0.4) is 0 Å². The minimum atomic E-state index is -0.994. The quantitative estimate of drug-likeness (QED) is 0.230. The third kappa shape index (κ3) is 8.83. The number of fused-ring (bicyclic) bond motifs is 1. The Labute approximate surface area is 288 Å². The van der Waals surface area contributed by atoms with E-state index in [2.05, 4.69) is 31.2 Å². The number of carbonyl (C=O) groups is 6. The number of likely N-dealkylation sites (tertiary alicyclic amines) is 1. The van der Waals surface area contributed by atoms with Crippen LogP contribution in [0.15, 0.2) is 18.6 Å². The van der Waals surface area contributed by atoms with Gasteiger partial charge in [-0.05, 0) is 68.1 Å². The lowest BCUT2D eigenvalue weighted by Crippen LogP contribution is -2.62. The van der Waals surface area contributed by atoms with E-state index in [1.165, 1.54) is 18.6 Å². The smallest absolute Gasteiger partial charge is 0.289 e. The number of hydrogen-bond donors (Lipinski definition) is 4. The van der Waals surface area contributed by atoms with Gasteiger partial charge in [0.15, 0.2) is 0 Å². The summed E-state index contributed by atoms with van der Waals surface area (Å²) in [5, 5.41) is 11.5. The summed E-state index contributed by atoms with van der Waals surface area (Å²) in [5.74, 6) is -3.20. The zero-order chi connectivity index (χ0) is 35.3. The van der Waals surface area contributed by atoms with Crippen molar-refractivity contribution in [3.8, 4) is 0 Å². The molecule has 1 aromatic rings. The molecule has 0 bridgehead atoms. The zero-order valence-electron chi connectivity index (χ0n) is 29.3. The van der Waals surface area contributed by atoms with Gasteiger partial charge in [-0.3, -0.25) is 33.8 Å². The fourth-order valence-corrected chi connectivity index (χ4v) is 7.87. The van der Waals surface area contributed by atoms with E-state index >= 15 is 0 Å². The highest BCUT2D eigenvalue weighted by Gasteiger charge is 2.52. The van der Waals surface area contributed by atoms with Crippen molar-refractivity contribution < 1.29 is 28.8 Å². The van der Waals surface area contributed by atoms with Gasteiger partial charge in [0.05, 0.1) is 12.2 Å². The van der Waals surface area contributed by atoms with Crippen LogP contribution < -0.4 is 21.3 Å². The third-order valence-corrected chi connectivity index (χ3v) is 10.7. The number of hydrogen-bond acceptors (Lipinski definition) is 8. The van der Waals surface area contributed by atoms with Crippen LogP contribution in [0.4, 0.5) is 0 Å².